The molecule has 0 saturated carbocycles. The van der Waals surface area contributed by atoms with E-state index in [1.807, 2.05) is 0 Å². The molecule has 2 rings (SSSR count). The minimum absolute atomic E-state index is 0.0904. The third-order valence-electron chi connectivity index (χ3n) is 2.37. The number of halogens is 3. The average Bonchev–Trinajstić information content (AvgIpc) is 2.30. The van der Waals surface area contributed by atoms with E-state index in [-0.39, 0.29) is 21.4 Å². The molecule has 2 aromatic rings. The maximum Gasteiger partial charge on any atom is 0.238 e. The summed E-state index contributed by atoms with van der Waals surface area (Å²) in [6, 6.07) is 4.60. The van der Waals surface area contributed by atoms with Crippen LogP contribution < -0.4 is 4.72 Å². The molecular formula is C12H9Cl2FN2O3S. The van der Waals surface area contributed by atoms with E-state index in [9.17, 15) is 17.9 Å². The van der Waals surface area contributed by atoms with Crippen LogP contribution in [0.1, 0.15) is 5.56 Å². The summed E-state index contributed by atoms with van der Waals surface area (Å²) >= 11 is 11.3. The van der Waals surface area contributed by atoms with Crippen LogP contribution in [0.2, 0.25) is 10.0 Å². The Morgan fingerprint density at radius 2 is 1.90 bits per heavy atom. The van der Waals surface area contributed by atoms with Gasteiger partial charge in [-0.2, -0.15) is 0 Å². The molecule has 0 saturated heterocycles. The van der Waals surface area contributed by atoms with Gasteiger partial charge in [0.05, 0.1) is 10.8 Å². The van der Waals surface area contributed by atoms with E-state index in [0.717, 1.165) is 18.2 Å². The first-order valence-electron chi connectivity index (χ1n) is 5.55. The molecule has 21 heavy (non-hydrogen) atoms. The van der Waals surface area contributed by atoms with Crippen LogP contribution in [0, 0.1) is 5.82 Å². The summed E-state index contributed by atoms with van der Waals surface area (Å²) in [6.07, 6.45) is 1.18. The number of hydrogen-bond donors (Lipinski definition) is 2. The van der Waals surface area contributed by atoms with Gasteiger partial charge in [0, 0.05) is 17.3 Å². The largest absolute Gasteiger partial charge is 0.504 e. The van der Waals surface area contributed by atoms with Gasteiger partial charge in [-0.3, -0.25) is 4.72 Å². The quantitative estimate of drug-likeness (QED) is 0.887. The van der Waals surface area contributed by atoms with Crippen molar-refractivity contribution in [2.24, 2.45) is 0 Å². The van der Waals surface area contributed by atoms with Gasteiger partial charge < -0.3 is 5.11 Å². The van der Waals surface area contributed by atoms with Crippen LogP contribution in [0.25, 0.3) is 0 Å². The zero-order valence-corrected chi connectivity index (χ0v) is 12.7. The van der Waals surface area contributed by atoms with Gasteiger partial charge in [-0.05, 0) is 23.8 Å². The second-order valence-electron chi connectivity index (χ2n) is 4.16. The fraction of sp³-hybridized carbons (Fsp3) is 0.0833. The molecule has 0 aliphatic carbocycles. The van der Waals surface area contributed by atoms with Gasteiger partial charge in [0.2, 0.25) is 10.0 Å². The van der Waals surface area contributed by atoms with Crippen molar-refractivity contribution in [1.82, 2.24) is 4.98 Å². The lowest BCUT2D eigenvalue weighted by Gasteiger charge is -2.09. The van der Waals surface area contributed by atoms with Gasteiger partial charge in [0.15, 0.2) is 11.6 Å². The Labute approximate surface area is 130 Å². The van der Waals surface area contributed by atoms with Crippen molar-refractivity contribution in [3.05, 3.63) is 51.9 Å². The molecule has 112 valence electrons. The van der Waals surface area contributed by atoms with Crippen molar-refractivity contribution in [3.63, 3.8) is 0 Å². The number of hydrogen-bond acceptors (Lipinski definition) is 4. The fourth-order valence-corrected chi connectivity index (χ4v) is 3.13. The van der Waals surface area contributed by atoms with E-state index < -0.39 is 27.3 Å². The molecule has 5 nitrogen and oxygen atoms in total. The molecule has 0 amide bonds. The first kappa shape index (κ1) is 15.8. The van der Waals surface area contributed by atoms with Gasteiger partial charge in [0.25, 0.3) is 0 Å². The number of pyridine rings is 1. The lowest BCUT2D eigenvalue weighted by atomic mass is 10.2. The SMILES string of the molecule is O=S(=O)(Cc1cc(F)cc(Cl)c1)Nc1ncc(Cl)cc1O. The maximum absolute atomic E-state index is 13.2. The third-order valence-corrected chi connectivity index (χ3v) is 4.01. The first-order valence-corrected chi connectivity index (χ1v) is 7.96. The highest BCUT2D eigenvalue weighted by Gasteiger charge is 2.16. The summed E-state index contributed by atoms with van der Waals surface area (Å²) in [7, 11) is -3.90. The molecule has 0 atom stereocenters. The van der Waals surface area contributed by atoms with Crippen molar-refractivity contribution in [2.75, 3.05) is 4.72 Å². The summed E-state index contributed by atoms with van der Waals surface area (Å²) in [4.78, 5) is 3.67. The first-order chi connectivity index (χ1) is 9.75. The van der Waals surface area contributed by atoms with E-state index in [1.165, 1.54) is 12.3 Å². The third kappa shape index (κ3) is 4.45. The molecule has 0 aliphatic heterocycles. The maximum atomic E-state index is 13.2. The van der Waals surface area contributed by atoms with Crippen LogP contribution in [0.4, 0.5) is 10.2 Å². The summed E-state index contributed by atoms with van der Waals surface area (Å²) in [6.45, 7) is 0. The van der Waals surface area contributed by atoms with Crippen molar-refractivity contribution < 1.29 is 17.9 Å². The Balaban J connectivity index is 2.22. The summed E-state index contributed by atoms with van der Waals surface area (Å²) < 4.78 is 39.2. The molecule has 0 fully saturated rings. The topological polar surface area (TPSA) is 79.3 Å². The zero-order valence-electron chi connectivity index (χ0n) is 10.3. The van der Waals surface area contributed by atoms with Gasteiger partial charge in [-0.1, -0.05) is 23.2 Å². The molecule has 0 unspecified atom stereocenters. The number of nitrogens with zero attached hydrogens (tertiary/aromatic N) is 1. The fourth-order valence-electron chi connectivity index (χ4n) is 1.60. The van der Waals surface area contributed by atoms with Gasteiger partial charge in [-0.15, -0.1) is 0 Å². The standard InChI is InChI=1S/C12H9Cl2FN2O3S/c13-8-1-7(2-10(15)3-8)6-21(19,20)17-12-11(18)4-9(14)5-16-12/h1-5,18H,6H2,(H,16,17). The monoisotopic (exact) mass is 350 g/mol. The zero-order chi connectivity index (χ0) is 15.6. The molecule has 1 aromatic carbocycles. The minimum atomic E-state index is -3.90. The number of nitrogens with one attached hydrogen (secondary N) is 1. The van der Waals surface area contributed by atoms with Crippen LogP contribution in [-0.2, 0) is 15.8 Å². The number of aromatic nitrogens is 1. The molecule has 1 heterocycles. The van der Waals surface area contributed by atoms with Crippen LogP contribution in [0.15, 0.2) is 30.5 Å². The summed E-state index contributed by atoms with van der Waals surface area (Å²) in [5, 5.41) is 9.80. The number of anilines is 1. The van der Waals surface area contributed by atoms with E-state index in [1.54, 1.807) is 0 Å². The molecule has 0 bridgehead atoms. The van der Waals surface area contributed by atoms with Crippen molar-refractivity contribution in [3.8, 4) is 5.75 Å². The second kappa shape index (κ2) is 6.05. The molecular weight excluding hydrogens is 342 g/mol. The van der Waals surface area contributed by atoms with Crippen LogP contribution in [0.5, 0.6) is 5.75 Å². The van der Waals surface area contributed by atoms with Crippen molar-refractivity contribution >= 4 is 39.0 Å². The number of aromatic hydroxyl groups is 1. The Morgan fingerprint density at radius 3 is 2.52 bits per heavy atom. The van der Waals surface area contributed by atoms with E-state index >= 15 is 0 Å². The molecule has 2 N–H and O–H groups in total. The van der Waals surface area contributed by atoms with Gasteiger partial charge >= 0.3 is 0 Å². The Bertz CT molecular complexity index is 764. The van der Waals surface area contributed by atoms with Crippen LogP contribution in [-0.4, -0.2) is 18.5 Å². The number of sulfonamides is 1. The minimum Gasteiger partial charge on any atom is -0.504 e. The van der Waals surface area contributed by atoms with Gasteiger partial charge in [-0.25, -0.2) is 17.8 Å². The molecule has 9 heteroatoms. The highest BCUT2D eigenvalue weighted by atomic mass is 35.5. The Hall–Kier alpha value is -1.57. The van der Waals surface area contributed by atoms with E-state index in [2.05, 4.69) is 9.71 Å². The summed E-state index contributed by atoms with van der Waals surface area (Å²) in [5.74, 6) is -1.83. The molecule has 0 radical (unpaired) electrons. The lowest BCUT2D eigenvalue weighted by Crippen LogP contribution is -2.16. The highest BCUT2D eigenvalue weighted by Crippen LogP contribution is 2.25. The van der Waals surface area contributed by atoms with Crippen molar-refractivity contribution in [2.45, 2.75) is 5.75 Å². The molecule has 0 spiro atoms. The number of rotatable bonds is 4. The number of benzene rings is 1. The lowest BCUT2D eigenvalue weighted by molar-refractivity contribution is 0.475. The Kier molecular flexibility index (Phi) is 4.55. The normalized spacial score (nSPS) is 11.4. The average molecular weight is 351 g/mol. The Morgan fingerprint density at radius 1 is 1.19 bits per heavy atom. The summed E-state index contributed by atoms with van der Waals surface area (Å²) in [5.41, 5.74) is 0.168. The predicted molar refractivity (Wildman–Crippen MR) is 78.6 cm³/mol. The smallest absolute Gasteiger partial charge is 0.238 e. The second-order valence-corrected chi connectivity index (χ2v) is 6.76. The molecule has 1 aromatic heterocycles. The predicted octanol–water partition coefficient (Wildman–Crippen LogP) is 3.18. The highest BCUT2D eigenvalue weighted by molar-refractivity contribution is 7.91. The van der Waals surface area contributed by atoms with Gasteiger partial charge in [0.1, 0.15) is 5.82 Å². The van der Waals surface area contributed by atoms with Crippen molar-refractivity contribution in [1.29, 1.82) is 0 Å². The van der Waals surface area contributed by atoms with Crippen LogP contribution >= 0.6 is 23.2 Å². The van der Waals surface area contributed by atoms with Crippen LogP contribution in [0.3, 0.4) is 0 Å². The van der Waals surface area contributed by atoms with E-state index in [0.29, 0.717) is 0 Å². The molecule has 0 aliphatic rings. The van der Waals surface area contributed by atoms with E-state index in [4.69, 9.17) is 23.2 Å².